The van der Waals surface area contributed by atoms with Crippen LogP contribution in [0.1, 0.15) is 31.7 Å². The van der Waals surface area contributed by atoms with E-state index in [1.807, 2.05) is 0 Å². The maximum Gasteiger partial charge on any atom is 0.416 e. The van der Waals surface area contributed by atoms with Crippen LogP contribution in [-0.2, 0) is 6.18 Å². The third-order valence-electron chi connectivity index (χ3n) is 3.11. The lowest BCUT2D eigenvalue weighted by atomic mass is 10.1. The van der Waals surface area contributed by atoms with E-state index in [4.69, 9.17) is 4.74 Å². The summed E-state index contributed by atoms with van der Waals surface area (Å²) in [5.41, 5.74) is -0.652. The molecular formula is C13H15F3O. The van der Waals surface area contributed by atoms with Gasteiger partial charge in [0.1, 0.15) is 5.75 Å². The van der Waals surface area contributed by atoms with Crippen LogP contribution in [0.4, 0.5) is 13.2 Å². The molecule has 1 aromatic carbocycles. The van der Waals surface area contributed by atoms with Crippen molar-refractivity contribution in [2.45, 2.75) is 38.5 Å². The molecule has 0 radical (unpaired) electrons. The highest BCUT2D eigenvalue weighted by Crippen LogP contribution is 2.33. The van der Waals surface area contributed by atoms with Gasteiger partial charge >= 0.3 is 6.18 Å². The van der Waals surface area contributed by atoms with Crippen LogP contribution in [-0.4, -0.2) is 6.10 Å². The molecule has 0 bridgehead atoms. The van der Waals surface area contributed by atoms with Crippen LogP contribution in [0.2, 0.25) is 0 Å². The molecule has 17 heavy (non-hydrogen) atoms. The fourth-order valence-corrected chi connectivity index (χ4v) is 2.20. The zero-order chi connectivity index (χ0) is 12.5. The summed E-state index contributed by atoms with van der Waals surface area (Å²) in [5.74, 6) is 0.921. The highest BCUT2D eigenvalue weighted by molar-refractivity contribution is 5.30. The minimum Gasteiger partial charge on any atom is -0.490 e. The Bertz CT molecular complexity index is 386. The van der Waals surface area contributed by atoms with Crippen LogP contribution in [0.15, 0.2) is 24.3 Å². The first-order valence-corrected chi connectivity index (χ1v) is 5.79. The molecule has 0 spiro atoms. The SMILES string of the molecule is CC1CCC(Oc2cccc(C(F)(F)F)c2)C1. The van der Waals surface area contributed by atoms with Crippen molar-refractivity contribution in [3.05, 3.63) is 29.8 Å². The Labute approximate surface area is 98.6 Å². The molecule has 2 atom stereocenters. The van der Waals surface area contributed by atoms with Gasteiger partial charge in [0.15, 0.2) is 0 Å². The highest BCUT2D eigenvalue weighted by Gasteiger charge is 2.31. The van der Waals surface area contributed by atoms with E-state index in [1.165, 1.54) is 6.07 Å². The maximum atomic E-state index is 12.5. The monoisotopic (exact) mass is 244 g/mol. The van der Waals surface area contributed by atoms with Gasteiger partial charge in [0, 0.05) is 0 Å². The summed E-state index contributed by atoms with van der Waals surface area (Å²) in [4.78, 5) is 0. The predicted octanol–water partition coefficient (Wildman–Crippen LogP) is 4.27. The van der Waals surface area contributed by atoms with E-state index < -0.39 is 11.7 Å². The van der Waals surface area contributed by atoms with E-state index in [0.717, 1.165) is 31.4 Å². The molecular weight excluding hydrogens is 229 g/mol. The van der Waals surface area contributed by atoms with Gasteiger partial charge in [-0.1, -0.05) is 13.0 Å². The number of alkyl halides is 3. The first-order valence-electron chi connectivity index (χ1n) is 5.79. The number of halogens is 3. The normalized spacial score (nSPS) is 24.9. The van der Waals surface area contributed by atoms with Crippen molar-refractivity contribution in [2.75, 3.05) is 0 Å². The number of hydrogen-bond donors (Lipinski definition) is 0. The molecule has 4 heteroatoms. The number of ether oxygens (including phenoxy) is 1. The van der Waals surface area contributed by atoms with Crippen LogP contribution < -0.4 is 4.74 Å². The summed E-state index contributed by atoms with van der Waals surface area (Å²) in [6.07, 6.45) is -1.30. The van der Waals surface area contributed by atoms with Gasteiger partial charge < -0.3 is 4.74 Å². The fourth-order valence-electron chi connectivity index (χ4n) is 2.20. The Hall–Kier alpha value is -1.19. The highest BCUT2D eigenvalue weighted by atomic mass is 19.4. The van der Waals surface area contributed by atoms with Gasteiger partial charge in [-0.3, -0.25) is 0 Å². The van der Waals surface area contributed by atoms with Crippen molar-refractivity contribution in [1.29, 1.82) is 0 Å². The standard InChI is InChI=1S/C13H15F3O/c1-9-5-6-12(7-9)17-11-4-2-3-10(8-11)13(14,15)16/h2-4,8-9,12H,5-7H2,1H3. The summed E-state index contributed by atoms with van der Waals surface area (Å²) in [7, 11) is 0. The molecule has 0 amide bonds. The van der Waals surface area contributed by atoms with Gasteiger partial charge in [-0.2, -0.15) is 13.2 Å². The largest absolute Gasteiger partial charge is 0.490 e. The second-order valence-corrected chi connectivity index (χ2v) is 4.68. The molecule has 1 nitrogen and oxygen atoms in total. The molecule has 0 aromatic heterocycles. The van der Waals surface area contributed by atoms with Crippen LogP contribution in [0.3, 0.4) is 0 Å². The lowest BCUT2D eigenvalue weighted by Crippen LogP contribution is -2.12. The third kappa shape index (κ3) is 3.14. The van der Waals surface area contributed by atoms with E-state index >= 15 is 0 Å². The topological polar surface area (TPSA) is 9.23 Å². The van der Waals surface area contributed by atoms with E-state index in [9.17, 15) is 13.2 Å². The minimum absolute atomic E-state index is 0.0634. The molecule has 0 saturated heterocycles. The van der Waals surface area contributed by atoms with Gasteiger partial charge in [-0.05, 0) is 43.4 Å². The van der Waals surface area contributed by atoms with E-state index in [0.29, 0.717) is 11.7 Å². The van der Waals surface area contributed by atoms with Crippen LogP contribution in [0.25, 0.3) is 0 Å². The van der Waals surface area contributed by atoms with Crippen molar-refractivity contribution >= 4 is 0 Å². The summed E-state index contributed by atoms with van der Waals surface area (Å²) in [6, 6.07) is 5.10. The van der Waals surface area contributed by atoms with Crippen LogP contribution in [0.5, 0.6) is 5.75 Å². The molecule has 0 aliphatic heterocycles. The van der Waals surface area contributed by atoms with Gasteiger partial charge in [-0.25, -0.2) is 0 Å². The average molecular weight is 244 g/mol. The fraction of sp³-hybridized carbons (Fsp3) is 0.538. The van der Waals surface area contributed by atoms with E-state index in [1.54, 1.807) is 6.07 Å². The minimum atomic E-state index is -4.30. The first-order chi connectivity index (χ1) is 7.95. The Morgan fingerprint density at radius 3 is 2.59 bits per heavy atom. The quantitative estimate of drug-likeness (QED) is 0.754. The Morgan fingerprint density at radius 2 is 2.00 bits per heavy atom. The second kappa shape index (κ2) is 4.59. The summed E-state index contributed by atoms with van der Waals surface area (Å²) < 4.78 is 43.0. The molecule has 1 aromatic rings. The summed E-state index contributed by atoms with van der Waals surface area (Å²) in [5, 5.41) is 0. The molecule has 1 aliphatic carbocycles. The van der Waals surface area contributed by atoms with Crippen molar-refractivity contribution in [1.82, 2.24) is 0 Å². The maximum absolute atomic E-state index is 12.5. The van der Waals surface area contributed by atoms with Crippen LogP contribution in [0, 0.1) is 5.92 Å². The molecule has 1 saturated carbocycles. The van der Waals surface area contributed by atoms with Gasteiger partial charge in [0.25, 0.3) is 0 Å². The molecule has 2 rings (SSSR count). The second-order valence-electron chi connectivity index (χ2n) is 4.68. The Balaban J connectivity index is 2.06. The zero-order valence-corrected chi connectivity index (χ0v) is 9.63. The molecule has 1 fully saturated rings. The molecule has 0 N–H and O–H groups in total. The molecule has 1 aliphatic rings. The van der Waals surface area contributed by atoms with Crippen LogP contribution >= 0.6 is 0 Å². The zero-order valence-electron chi connectivity index (χ0n) is 9.63. The number of benzene rings is 1. The molecule has 2 unspecified atom stereocenters. The summed E-state index contributed by atoms with van der Waals surface area (Å²) >= 11 is 0. The molecule has 94 valence electrons. The van der Waals surface area contributed by atoms with Crippen molar-refractivity contribution in [3.8, 4) is 5.75 Å². The number of rotatable bonds is 2. The van der Waals surface area contributed by atoms with Gasteiger partial charge in [0.05, 0.1) is 11.7 Å². The van der Waals surface area contributed by atoms with Gasteiger partial charge in [0.2, 0.25) is 0 Å². The van der Waals surface area contributed by atoms with E-state index in [-0.39, 0.29) is 6.10 Å². The lowest BCUT2D eigenvalue weighted by Gasteiger charge is -2.15. The average Bonchev–Trinajstić information content (AvgIpc) is 2.63. The lowest BCUT2D eigenvalue weighted by molar-refractivity contribution is -0.137. The predicted molar refractivity (Wildman–Crippen MR) is 58.9 cm³/mol. The third-order valence-corrected chi connectivity index (χ3v) is 3.11. The first kappa shape index (κ1) is 12.3. The van der Waals surface area contributed by atoms with Crippen molar-refractivity contribution in [3.63, 3.8) is 0 Å². The van der Waals surface area contributed by atoms with E-state index in [2.05, 4.69) is 6.92 Å². The van der Waals surface area contributed by atoms with Crippen molar-refractivity contribution in [2.24, 2.45) is 5.92 Å². The Morgan fingerprint density at radius 1 is 1.24 bits per heavy atom. The molecule has 0 heterocycles. The Kier molecular flexibility index (Phi) is 3.31. The van der Waals surface area contributed by atoms with Gasteiger partial charge in [-0.15, -0.1) is 0 Å². The van der Waals surface area contributed by atoms with Crippen molar-refractivity contribution < 1.29 is 17.9 Å². The summed E-state index contributed by atoms with van der Waals surface area (Å²) in [6.45, 7) is 2.13. The smallest absolute Gasteiger partial charge is 0.416 e. The number of hydrogen-bond acceptors (Lipinski definition) is 1.